The van der Waals surface area contributed by atoms with Crippen LogP contribution in [0.3, 0.4) is 0 Å². The first-order valence-electron chi connectivity index (χ1n) is 11.4. The van der Waals surface area contributed by atoms with Gasteiger partial charge in [0.1, 0.15) is 6.61 Å². The van der Waals surface area contributed by atoms with Gasteiger partial charge < -0.3 is 24.6 Å². The molecule has 1 aromatic carbocycles. The van der Waals surface area contributed by atoms with Crippen LogP contribution < -0.4 is 10.6 Å². The second kappa shape index (κ2) is 9.21. The van der Waals surface area contributed by atoms with Crippen molar-refractivity contribution in [2.45, 2.75) is 38.6 Å². The van der Waals surface area contributed by atoms with E-state index in [1.807, 2.05) is 6.07 Å². The van der Waals surface area contributed by atoms with Gasteiger partial charge in [-0.25, -0.2) is 19.4 Å². The van der Waals surface area contributed by atoms with Crippen molar-refractivity contribution in [3.8, 4) is 0 Å². The highest BCUT2D eigenvalue weighted by Gasteiger charge is 2.35. The fraction of sp³-hybridized carbons (Fsp3) is 0.320. The van der Waals surface area contributed by atoms with Gasteiger partial charge >= 0.3 is 18.0 Å². The fourth-order valence-corrected chi connectivity index (χ4v) is 4.16. The van der Waals surface area contributed by atoms with Crippen molar-refractivity contribution in [2.24, 2.45) is 0 Å². The molecular formula is C25H24N4O6. The molecule has 1 saturated carbocycles. The molecule has 0 bridgehead atoms. The first-order valence-corrected chi connectivity index (χ1v) is 11.4. The molecule has 2 amide bonds. The average molecular weight is 476 g/mol. The number of ether oxygens (including phenoxy) is 2. The maximum atomic E-state index is 13.2. The van der Waals surface area contributed by atoms with Crippen LogP contribution in [-0.4, -0.2) is 41.3 Å². The van der Waals surface area contributed by atoms with Gasteiger partial charge in [0, 0.05) is 11.6 Å². The monoisotopic (exact) mass is 476 g/mol. The number of fused-ring (bicyclic) bond motifs is 1. The average Bonchev–Trinajstić information content (AvgIpc) is 3.65. The summed E-state index contributed by atoms with van der Waals surface area (Å²) in [5.74, 6) is -0.965. The lowest BCUT2D eigenvalue weighted by Crippen LogP contribution is -2.47. The van der Waals surface area contributed by atoms with Gasteiger partial charge in [-0.1, -0.05) is 35.5 Å². The minimum atomic E-state index is -0.757. The van der Waals surface area contributed by atoms with Crippen molar-refractivity contribution in [1.82, 2.24) is 20.8 Å². The van der Waals surface area contributed by atoms with Gasteiger partial charge in [0.15, 0.2) is 0 Å². The molecule has 2 aromatic heterocycles. The maximum Gasteiger partial charge on any atom is 0.339 e. The molecule has 2 aliphatic rings. The number of amides is 2. The molecule has 1 fully saturated rings. The van der Waals surface area contributed by atoms with Crippen LogP contribution in [0.1, 0.15) is 59.0 Å². The van der Waals surface area contributed by atoms with Crippen molar-refractivity contribution in [1.29, 1.82) is 0 Å². The molecule has 2 N–H and O–H groups in total. The summed E-state index contributed by atoms with van der Waals surface area (Å²) in [6, 6.07) is 9.46. The van der Waals surface area contributed by atoms with Crippen molar-refractivity contribution < 1.29 is 28.4 Å². The third-order valence-electron chi connectivity index (χ3n) is 5.98. The van der Waals surface area contributed by atoms with Crippen LogP contribution in [0.5, 0.6) is 0 Å². The van der Waals surface area contributed by atoms with Gasteiger partial charge in [0.05, 0.1) is 40.6 Å². The predicted molar refractivity (Wildman–Crippen MR) is 123 cm³/mol. The van der Waals surface area contributed by atoms with E-state index in [0.29, 0.717) is 16.6 Å². The molecule has 10 nitrogen and oxygen atoms in total. The lowest BCUT2D eigenvalue weighted by atomic mass is 9.95. The summed E-state index contributed by atoms with van der Waals surface area (Å²) in [5, 5.41) is 9.77. The number of rotatable bonds is 7. The van der Waals surface area contributed by atoms with Crippen LogP contribution in [0, 0.1) is 6.92 Å². The molecule has 35 heavy (non-hydrogen) atoms. The molecule has 0 unspecified atom stereocenters. The van der Waals surface area contributed by atoms with Crippen LogP contribution in [-0.2, 0) is 14.3 Å². The molecule has 1 atom stereocenters. The molecular weight excluding hydrogens is 452 g/mol. The molecule has 0 spiro atoms. The van der Waals surface area contributed by atoms with Gasteiger partial charge in [-0.15, -0.1) is 0 Å². The number of nitrogens with zero attached hydrogens (tertiary/aromatic N) is 2. The smallest absolute Gasteiger partial charge is 0.339 e. The first-order chi connectivity index (χ1) is 17.0. The second-order valence-corrected chi connectivity index (χ2v) is 8.45. The van der Waals surface area contributed by atoms with Gasteiger partial charge in [0.25, 0.3) is 5.71 Å². The predicted octanol–water partition coefficient (Wildman–Crippen LogP) is 3.44. The van der Waals surface area contributed by atoms with E-state index in [1.165, 1.54) is 0 Å². The van der Waals surface area contributed by atoms with Crippen LogP contribution in [0.4, 0.5) is 4.79 Å². The zero-order chi connectivity index (χ0) is 24.5. The number of hydrogen-bond acceptors (Lipinski definition) is 8. The van der Waals surface area contributed by atoms with E-state index in [0.717, 1.165) is 18.5 Å². The first kappa shape index (κ1) is 22.6. The fourth-order valence-electron chi connectivity index (χ4n) is 4.16. The van der Waals surface area contributed by atoms with Crippen LogP contribution in [0.25, 0.3) is 11.1 Å². The quantitative estimate of drug-likeness (QED) is 0.496. The summed E-state index contributed by atoms with van der Waals surface area (Å²) < 4.78 is 16.1. The second-order valence-electron chi connectivity index (χ2n) is 8.45. The van der Waals surface area contributed by atoms with Crippen LogP contribution >= 0.6 is 0 Å². The summed E-state index contributed by atoms with van der Waals surface area (Å²) in [6.07, 6.45) is 1.99. The topological polar surface area (TPSA) is 133 Å². The number of hydrogen-bond donors (Lipinski definition) is 2. The van der Waals surface area contributed by atoms with E-state index in [4.69, 9.17) is 14.0 Å². The molecule has 10 heteroatoms. The Labute approximate surface area is 200 Å². The van der Waals surface area contributed by atoms with Crippen LogP contribution in [0.15, 0.2) is 52.2 Å². The Morgan fingerprint density at radius 1 is 1.14 bits per heavy atom. The third kappa shape index (κ3) is 4.46. The van der Waals surface area contributed by atoms with E-state index in [-0.39, 0.29) is 41.7 Å². The minimum absolute atomic E-state index is 0.149. The lowest BCUT2D eigenvalue weighted by Gasteiger charge is -2.29. The number of aryl methyl sites for hydroxylation is 1. The Hall–Kier alpha value is -4.21. The number of nitrogens with one attached hydrogen (secondary N) is 2. The van der Waals surface area contributed by atoms with Gasteiger partial charge in [-0.2, -0.15) is 0 Å². The molecule has 3 heterocycles. The largest absolute Gasteiger partial charge is 0.463 e. The van der Waals surface area contributed by atoms with Gasteiger partial charge in [0.2, 0.25) is 0 Å². The normalized spacial score (nSPS) is 17.7. The van der Waals surface area contributed by atoms with E-state index < -0.39 is 24.0 Å². The van der Waals surface area contributed by atoms with E-state index in [1.54, 1.807) is 44.2 Å². The zero-order valence-corrected chi connectivity index (χ0v) is 19.3. The number of pyridine rings is 1. The highest BCUT2D eigenvalue weighted by molar-refractivity contribution is 6.03. The molecule has 0 radical (unpaired) electrons. The number of benzene rings is 1. The summed E-state index contributed by atoms with van der Waals surface area (Å²) in [5.41, 5.74) is 2.87. The number of esters is 2. The van der Waals surface area contributed by atoms with Crippen molar-refractivity contribution in [3.63, 3.8) is 0 Å². The number of urea groups is 1. The lowest BCUT2D eigenvalue weighted by molar-refractivity contribution is -0.139. The number of aromatic nitrogens is 2. The maximum absolute atomic E-state index is 13.2. The third-order valence-corrected chi connectivity index (χ3v) is 5.98. The van der Waals surface area contributed by atoms with E-state index in [9.17, 15) is 14.4 Å². The van der Waals surface area contributed by atoms with Crippen molar-refractivity contribution >= 4 is 29.1 Å². The van der Waals surface area contributed by atoms with E-state index in [2.05, 4.69) is 20.8 Å². The Kier molecular flexibility index (Phi) is 5.94. The summed E-state index contributed by atoms with van der Waals surface area (Å²) >= 11 is 0. The molecule has 1 aliphatic heterocycles. The Morgan fingerprint density at radius 2 is 1.91 bits per heavy atom. The highest BCUT2D eigenvalue weighted by atomic mass is 16.5. The minimum Gasteiger partial charge on any atom is -0.463 e. The summed E-state index contributed by atoms with van der Waals surface area (Å²) in [7, 11) is 0. The number of carbonyl (C=O) groups is 3. The Balaban J connectivity index is 1.48. The SMILES string of the molecule is CCOC(=O)C1=C(COC(=O)c2cc(C3CC3)nc3onc(C)c23)NC(=O)N[C@@H]1c1ccccc1. The number of carbonyl (C=O) groups excluding carboxylic acids is 3. The van der Waals surface area contributed by atoms with Crippen molar-refractivity contribution in [2.75, 3.05) is 13.2 Å². The van der Waals surface area contributed by atoms with Gasteiger partial charge in [-0.05, 0) is 38.3 Å². The molecule has 180 valence electrons. The van der Waals surface area contributed by atoms with E-state index >= 15 is 0 Å². The molecule has 5 rings (SSSR count). The Morgan fingerprint density at radius 3 is 2.63 bits per heavy atom. The van der Waals surface area contributed by atoms with Crippen molar-refractivity contribution in [3.05, 3.63) is 70.2 Å². The Bertz CT molecular complexity index is 1340. The molecule has 3 aromatic rings. The standard InChI is InChI=1S/C25H24N4O6/c1-3-33-24(31)20-18(27-25(32)28-21(20)15-7-5-4-6-8-15)12-34-23(30)16-11-17(14-9-10-14)26-22-19(16)13(2)29-35-22/h4-8,11,14,21H,3,9-10,12H2,1-2H3,(H2,27,28,32)/t21-/m1/s1. The molecule has 1 aliphatic carbocycles. The molecule has 0 saturated heterocycles. The highest BCUT2D eigenvalue weighted by Crippen LogP contribution is 2.40. The summed E-state index contributed by atoms with van der Waals surface area (Å²) in [4.78, 5) is 43.0. The van der Waals surface area contributed by atoms with Gasteiger partial charge in [-0.3, -0.25) is 0 Å². The zero-order valence-electron chi connectivity index (χ0n) is 19.3. The van der Waals surface area contributed by atoms with Crippen LogP contribution in [0.2, 0.25) is 0 Å². The summed E-state index contributed by atoms with van der Waals surface area (Å²) in [6.45, 7) is 3.23.